The standard InChI is InChI=1S/C14H19N5O/c1-2-15-14(20)11-7-6-10-13-16-17-18-19(13)12-8-4-3-5-9-12/h3-5,8-9H,2,6-7,10-11H2,1H3,(H,15,20). The lowest BCUT2D eigenvalue weighted by Gasteiger charge is -2.04. The monoisotopic (exact) mass is 273 g/mol. The molecule has 0 aliphatic carbocycles. The van der Waals surface area contributed by atoms with Crippen LogP contribution in [0.25, 0.3) is 5.69 Å². The average Bonchev–Trinajstić information content (AvgIpc) is 2.93. The topological polar surface area (TPSA) is 72.7 Å². The zero-order valence-corrected chi connectivity index (χ0v) is 11.6. The average molecular weight is 273 g/mol. The summed E-state index contributed by atoms with van der Waals surface area (Å²) in [4.78, 5) is 11.3. The van der Waals surface area contributed by atoms with Gasteiger partial charge in [0, 0.05) is 19.4 Å². The van der Waals surface area contributed by atoms with E-state index in [-0.39, 0.29) is 5.91 Å². The van der Waals surface area contributed by atoms with E-state index in [9.17, 15) is 4.79 Å². The highest BCUT2D eigenvalue weighted by Crippen LogP contribution is 2.09. The van der Waals surface area contributed by atoms with Gasteiger partial charge in [0.15, 0.2) is 5.82 Å². The van der Waals surface area contributed by atoms with Crippen molar-refractivity contribution in [2.45, 2.75) is 32.6 Å². The summed E-state index contributed by atoms with van der Waals surface area (Å²) in [7, 11) is 0. The number of rotatable bonds is 7. The molecule has 1 amide bonds. The van der Waals surface area contributed by atoms with E-state index < -0.39 is 0 Å². The first-order valence-corrected chi connectivity index (χ1v) is 6.90. The predicted octanol–water partition coefficient (Wildman–Crippen LogP) is 1.51. The third kappa shape index (κ3) is 3.88. The van der Waals surface area contributed by atoms with Gasteiger partial charge in [0.1, 0.15) is 0 Å². The number of unbranched alkanes of at least 4 members (excludes halogenated alkanes) is 1. The molecule has 0 radical (unpaired) electrons. The van der Waals surface area contributed by atoms with Crippen molar-refractivity contribution in [3.63, 3.8) is 0 Å². The van der Waals surface area contributed by atoms with Crippen LogP contribution < -0.4 is 5.32 Å². The van der Waals surface area contributed by atoms with Gasteiger partial charge < -0.3 is 5.32 Å². The minimum Gasteiger partial charge on any atom is -0.356 e. The van der Waals surface area contributed by atoms with Gasteiger partial charge in [-0.05, 0) is 42.3 Å². The van der Waals surface area contributed by atoms with Crippen molar-refractivity contribution in [1.82, 2.24) is 25.5 Å². The Hall–Kier alpha value is -2.24. The second-order valence-corrected chi connectivity index (χ2v) is 4.50. The molecular formula is C14H19N5O. The Morgan fingerprint density at radius 1 is 1.25 bits per heavy atom. The van der Waals surface area contributed by atoms with Crippen molar-refractivity contribution in [1.29, 1.82) is 0 Å². The summed E-state index contributed by atoms with van der Waals surface area (Å²) in [5, 5.41) is 14.6. The van der Waals surface area contributed by atoms with Crippen molar-refractivity contribution in [3.05, 3.63) is 36.2 Å². The van der Waals surface area contributed by atoms with Gasteiger partial charge in [-0.1, -0.05) is 18.2 Å². The summed E-state index contributed by atoms with van der Waals surface area (Å²) in [5.41, 5.74) is 0.955. The number of amides is 1. The van der Waals surface area contributed by atoms with Crippen molar-refractivity contribution in [3.8, 4) is 5.69 Å². The van der Waals surface area contributed by atoms with Gasteiger partial charge in [-0.25, -0.2) is 0 Å². The summed E-state index contributed by atoms with van der Waals surface area (Å²) >= 11 is 0. The second-order valence-electron chi connectivity index (χ2n) is 4.50. The van der Waals surface area contributed by atoms with E-state index in [4.69, 9.17) is 0 Å². The fraction of sp³-hybridized carbons (Fsp3) is 0.429. The van der Waals surface area contributed by atoms with E-state index >= 15 is 0 Å². The first-order chi connectivity index (χ1) is 9.81. The molecule has 1 aromatic heterocycles. The van der Waals surface area contributed by atoms with Crippen LogP contribution in [0.3, 0.4) is 0 Å². The maximum atomic E-state index is 11.3. The van der Waals surface area contributed by atoms with Gasteiger partial charge in [-0.15, -0.1) is 5.10 Å². The van der Waals surface area contributed by atoms with Crippen LogP contribution in [-0.2, 0) is 11.2 Å². The second kappa shape index (κ2) is 7.37. The molecule has 0 saturated carbocycles. The molecule has 6 heteroatoms. The third-order valence-corrected chi connectivity index (χ3v) is 2.96. The molecule has 0 saturated heterocycles. The largest absolute Gasteiger partial charge is 0.356 e. The first-order valence-electron chi connectivity index (χ1n) is 6.90. The van der Waals surface area contributed by atoms with Crippen LogP contribution >= 0.6 is 0 Å². The normalized spacial score (nSPS) is 10.4. The Balaban J connectivity index is 1.86. The molecule has 0 aliphatic heterocycles. The van der Waals surface area contributed by atoms with Crippen molar-refractivity contribution in [2.75, 3.05) is 6.54 Å². The SMILES string of the molecule is CCNC(=O)CCCCc1nnnn1-c1ccccc1. The molecule has 0 atom stereocenters. The molecule has 2 rings (SSSR count). The molecule has 6 nitrogen and oxygen atoms in total. The molecule has 0 bridgehead atoms. The molecule has 1 aromatic carbocycles. The van der Waals surface area contributed by atoms with E-state index in [1.807, 2.05) is 37.3 Å². The highest BCUT2D eigenvalue weighted by atomic mass is 16.1. The Kier molecular flexibility index (Phi) is 5.23. The number of hydrogen-bond donors (Lipinski definition) is 1. The predicted molar refractivity (Wildman–Crippen MR) is 75.4 cm³/mol. The Morgan fingerprint density at radius 3 is 2.80 bits per heavy atom. The number of nitrogens with zero attached hydrogens (tertiary/aromatic N) is 4. The fourth-order valence-corrected chi connectivity index (χ4v) is 1.99. The molecular weight excluding hydrogens is 254 g/mol. The molecule has 0 spiro atoms. The van der Waals surface area contributed by atoms with Crippen molar-refractivity contribution >= 4 is 5.91 Å². The number of aryl methyl sites for hydroxylation is 1. The Labute approximate surface area is 118 Å². The van der Waals surface area contributed by atoms with E-state index in [0.717, 1.165) is 30.8 Å². The van der Waals surface area contributed by atoms with E-state index in [0.29, 0.717) is 13.0 Å². The van der Waals surface area contributed by atoms with E-state index in [1.54, 1.807) is 4.68 Å². The van der Waals surface area contributed by atoms with Crippen LogP contribution in [0.15, 0.2) is 30.3 Å². The Morgan fingerprint density at radius 2 is 2.05 bits per heavy atom. The first kappa shape index (κ1) is 14.2. The van der Waals surface area contributed by atoms with Crippen LogP contribution in [0.4, 0.5) is 0 Å². The van der Waals surface area contributed by atoms with Gasteiger partial charge in [-0.3, -0.25) is 4.79 Å². The van der Waals surface area contributed by atoms with Gasteiger partial charge in [0.25, 0.3) is 0 Å². The van der Waals surface area contributed by atoms with Gasteiger partial charge in [0.05, 0.1) is 5.69 Å². The summed E-state index contributed by atoms with van der Waals surface area (Å²) in [6, 6.07) is 9.80. The van der Waals surface area contributed by atoms with Crippen LogP contribution in [0.1, 0.15) is 32.0 Å². The number of benzene rings is 1. The lowest BCUT2D eigenvalue weighted by atomic mass is 10.2. The molecule has 1 heterocycles. The summed E-state index contributed by atoms with van der Waals surface area (Å²) < 4.78 is 1.74. The molecule has 0 fully saturated rings. The fourth-order valence-electron chi connectivity index (χ4n) is 1.99. The van der Waals surface area contributed by atoms with Crippen LogP contribution in [0.5, 0.6) is 0 Å². The molecule has 2 aromatic rings. The number of para-hydroxylation sites is 1. The maximum Gasteiger partial charge on any atom is 0.219 e. The quantitative estimate of drug-likeness (QED) is 0.776. The Bertz CT molecular complexity index is 538. The van der Waals surface area contributed by atoms with E-state index in [1.165, 1.54) is 0 Å². The van der Waals surface area contributed by atoms with Crippen LogP contribution in [0.2, 0.25) is 0 Å². The van der Waals surface area contributed by atoms with Gasteiger partial charge in [0.2, 0.25) is 5.91 Å². The third-order valence-electron chi connectivity index (χ3n) is 2.96. The maximum absolute atomic E-state index is 11.3. The molecule has 0 unspecified atom stereocenters. The zero-order chi connectivity index (χ0) is 14.2. The zero-order valence-electron chi connectivity index (χ0n) is 11.6. The van der Waals surface area contributed by atoms with Crippen LogP contribution in [0, 0.1) is 0 Å². The minimum absolute atomic E-state index is 0.107. The number of carbonyl (C=O) groups is 1. The van der Waals surface area contributed by atoms with Gasteiger partial charge in [-0.2, -0.15) is 4.68 Å². The highest BCUT2D eigenvalue weighted by molar-refractivity contribution is 5.75. The summed E-state index contributed by atoms with van der Waals surface area (Å²) in [6.45, 7) is 2.61. The lowest BCUT2D eigenvalue weighted by Crippen LogP contribution is -2.22. The molecule has 106 valence electrons. The molecule has 20 heavy (non-hydrogen) atoms. The van der Waals surface area contributed by atoms with Gasteiger partial charge >= 0.3 is 0 Å². The minimum atomic E-state index is 0.107. The van der Waals surface area contributed by atoms with E-state index in [2.05, 4.69) is 20.8 Å². The van der Waals surface area contributed by atoms with Crippen molar-refractivity contribution in [2.24, 2.45) is 0 Å². The number of nitrogens with one attached hydrogen (secondary N) is 1. The molecule has 1 N–H and O–H groups in total. The lowest BCUT2D eigenvalue weighted by molar-refractivity contribution is -0.121. The highest BCUT2D eigenvalue weighted by Gasteiger charge is 2.08. The summed E-state index contributed by atoms with van der Waals surface area (Å²) in [5.74, 6) is 0.933. The van der Waals surface area contributed by atoms with Crippen LogP contribution in [-0.4, -0.2) is 32.7 Å². The number of tetrazole rings is 1. The number of hydrogen-bond acceptors (Lipinski definition) is 4. The summed E-state index contributed by atoms with van der Waals surface area (Å²) in [6.07, 6.45) is 3.06. The smallest absolute Gasteiger partial charge is 0.219 e. The number of carbonyl (C=O) groups excluding carboxylic acids is 1. The van der Waals surface area contributed by atoms with Crippen molar-refractivity contribution < 1.29 is 4.79 Å². The number of aromatic nitrogens is 4. The molecule has 0 aliphatic rings.